The molecule has 0 aromatic rings. The van der Waals surface area contributed by atoms with Crippen LogP contribution in [-0.2, 0) is 0 Å². The van der Waals surface area contributed by atoms with Crippen LogP contribution in [0.15, 0.2) is 0 Å². The first-order valence-corrected chi connectivity index (χ1v) is 10.6. The molecule has 0 saturated heterocycles. The highest BCUT2D eigenvalue weighted by Gasteiger charge is 2.32. The zero-order chi connectivity index (χ0) is 22.5. The Morgan fingerprint density at radius 3 is 1.93 bits per heavy atom. The first-order valence-electron chi connectivity index (χ1n) is 10.6. The van der Waals surface area contributed by atoms with Gasteiger partial charge in [0.05, 0.1) is 0 Å². The van der Waals surface area contributed by atoms with Gasteiger partial charge in [0.1, 0.15) is 5.79 Å². The average molecular weight is 419 g/mol. The first kappa shape index (κ1) is 28.0. The number of rotatable bonds is 16. The molecule has 0 saturated carbocycles. The largest absolute Gasteiger partial charge is 0.465 e. The van der Waals surface area contributed by atoms with Crippen molar-refractivity contribution in [1.29, 1.82) is 0 Å². The molecule has 10 nitrogen and oxygen atoms in total. The number of carbonyl (C=O) groups is 1. The molecule has 1 unspecified atom stereocenters. The first-order chi connectivity index (χ1) is 13.5. The predicted octanol–water partition coefficient (Wildman–Crippen LogP) is -0.660. The summed E-state index contributed by atoms with van der Waals surface area (Å²) in [6.07, 6.45) is 2.31. The smallest absolute Gasteiger partial charge is 0.407 e. The highest BCUT2D eigenvalue weighted by molar-refractivity contribution is 5.66. The molecule has 0 bridgehead atoms. The number of nitrogens with one attached hydrogen (secondary N) is 3. The van der Waals surface area contributed by atoms with E-state index in [1.54, 1.807) is 0 Å². The summed E-state index contributed by atoms with van der Waals surface area (Å²) in [5, 5.41) is 20.0. The highest BCUT2D eigenvalue weighted by atomic mass is 16.4. The van der Waals surface area contributed by atoms with Gasteiger partial charge in [0.25, 0.3) is 0 Å². The van der Waals surface area contributed by atoms with Gasteiger partial charge in [-0.2, -0.15) is 0 Å². The van der Waals surface area contributed by atoms with Crippen LogP contribution in [0.3, 0.4) is 0 Å². The minimum Gasteiger partial charge on any atom is -0.465 e. The third kappa shape index (κ3) is 12.3. The fraction of sp³-hybridized carbons (Fsp3) is 0.947. The summed E-state index contributed by atoms with van der Waals surface area (Å²) in [6, 6.07) is -0.0779. The molecule has 1 amide bonds. The molecule has 0 aromatic carbocycles. The van der Waals surface area contributed by atoms with E-state index in [1.165, 1.54) is 4.90 Å². The Morgan fingerprint density at radius 1 is 0.966 bits per heavy atom. The topological polar surface area (TPSA) is 181 Å². The van der Waals surface area contributed by atoms with Crippen molar-refractivity contribution in [2.75, 3.05) is 39.3 Å². The summed E-state index contributed by atoms with van der Waals surface area (Å²) in [7, 11) is 0. The lowest BCUT2D eigenvalue weighted by Gasteiger charge is -2.41. The Balaban J connectivity index is 5.36. The second-order valence-corrected chi connectivity index (χ2v) is 8.73. The van der Waals surface area contributed by atoms with Crippen LogP contribution < -0.4 is 38.9 Å². The third-order valence-corrected chi connectivity index (χ3v) is 4.85. The second-order valence-electron chi connectivity index (χ2n) is 8.73. The normalized spacial score (nSPS) is 14.6. The minimum atomic E-state index is -0.941. The van der Waals surface area contributed by atoms with Crippen LogP contribution in [0.2, 0.25) is 0 Å². The van der Waals surface area contributed by atoms with Gasteiger partial charge in [0.2, 0.25) is 0 Å². The van der Waals surface area contributed by atoms with Crippen molar-refractivity contribution >= 4 is 6.09 Å². The lowest BCUT2D eigenvalue weighted by Crippen LogP contribution is -2.69. The van der Waals surface area contributed by atoms with Crippen LogP contribution >= 0.6 is 0 Å². The van der Waals surface area contributed by atoms with Crippen molar-refractivity contribution in [2.45, 2.75) is 76.8 Å². The van der Waals surface area contributed by atoms with Crippen LogP contribution in [0.1, 0.15) is 53.4 Å². The molecular weight excluding hydrogens is 372 g/mol. The van der Waals surface area contributed by atoms with Gasteiger partial charge in [0.15, 0.2) is 0 Å². The molecule has 2 atom stereocenters. The zero-order valence-electron chi connectivity index (χ0n) is 18.8. The Kier molecular flexibility index (Phi) is 13.6. The average Bonchev–Trinajstić information content (AvgIpc) is 2.64. The molecule has 10 heteroatoms. The molecule has 0 spiro atoms. The van der Waals surface area contributed by atoms with Crippen LogP contribution in [-0.4, -0.2) is 78.8 Å². The van der Waals surface area contributed by atoms with Gasteiger partial charge in [-0.15, -0.1) is 0 Å². The monoisotopic (exact) mass is 418 g/mol. The number of nitrogens with zero attached hydrogens (tertiary/aromatic N) is 1. The number of hydrogen-bond donors (Lipinski definition) is 8. The maximum Gasteiger partial charge on any atom is 0.407 e. The van der Waals surface area contributed by atoms with Crippen LogP contribution in [0.25, 0.3) is 0 Å². The summed E-state index contributed by atoms with van der Waals surface area (Å²) in [6.45, 7) is 10.8. The maximum absolute atomic E-state index is 11.9. The van der Waals surface area contributed by atoms with E-state index in [-0.39, 0.29) is 12.1 Å². The molecule has 174 valence electrons. The van der Waals surface area contributed by atoms with E-state index in [1.807, 2.05) is 27.7 Å². The summed E-state index contributed by atoms with van der Waals surface area (Å²) >= 11 is 0. The lowest BCUT2D eigenvalue weighted by atomic mass is 9.99. The highest BCUT2D eigenvalue weighted by Crippen LogP contribution is 2.17. The zero-order valence-corrected chi connectivity index (χ0v) is 18.8. The van der Waals surface area contributed by atoms with Crippen LogP contribution in [0.5, 0.6) is 0 Å². The molecule has 0 aliphatic heterocycles. The molecule has 0 heterocycles. The van der Waals surface area contributed by atoms with Crippen molar-refractivity contribution < 1.29 is 9.90 Å². The van der Waals surface area contributed by atoms with Crippen molar-refractivity contribution in [3.8, 4) is 0 Å². The fourth-order valence-electron chi connectivity index (χ4n) is 3.23. The quantitative estimate of drug-likeness (QED) is 0.151. The van der Waals surface area contributed by atoms with E-state index in [9.17, 15) is 9.90 Å². The van der Waals surface area contributed by atoms with Crippen molar-refractivity contribution in [3.05, 3.63) is 0 Å². The molecule has 0 radical (unpaired) electrons. The van der Waals surface area contributed by atoms with E-state index in [0.29, 0.717) is 39.3 Å². The molecule has 0 aliphatic rings. The number of nitrogens with two attached hydrogens (primary N) is 4. The van der Waals surface area contributed by atoms with E-state index in [0.717, 1.165) is 25.7 Å². The maximum atomic E-state index is 11.9. The van der Waals surface area contributed by atoms with Gasteiger partial charge in [-0.3, -0.25) is 16.0 Å². The summed E-state index contributed by atoms with van der Waals surface area (Å²) < 4.78 is 0. The Labute approximate surface area is 176 Å². The summed E-state index contributed by atoms with van der Waals surface area (Å²) in [5.41, 5.74) is 22.6. The van der Waals surface area contributed by atoms with E-state index < -0.39 is 17.4 Å². The molecule has 0 aromatic heterocycles. The van der Waals surface area contributed by atoms with Crippen LogP contribution in [0.4, 0.5) is 4.79 Å². The van der Waals surface area contributed by atoms with Gasteiger partial charge in [-0.1, -0.05) is 0 Å². The van der Waals surface area contributed by atoms with Crippen molar-refractivity contribution in [2.24, 2.45) is 22.9 Å². The molecule has 29 heavy (non-hydrogen) atoms. The van der Waals surface area contributed by atoms with Crippen molar-refractivity contribution in [1.82, 2.24) is 20.9 Å². The second kappa shape index (κ2) is 14.1. The van der Waals surface area contributed by atoms with E-state index in [2.05, 4.69) is 16.0 Å². The fourth-order valence-corrected chi connectivity index (χ4v) is 3.23. The van der Waals surface area contributed by atoms with Crippen LogP contribution in [0, 0.1) is 0 Å². The van der Waals surface area contributed by atoms with Gasteiger partial charge in [-0.25, -0.2) is 4.79 Å². The van der Waals surface area contributed by atoms with Gasteiger partial charge < -0.3 is 32.9 Å². The number of hydrogen-bond acceptors (Lipinski definition) is 8. The molecule has 0 aliphatic carbocycles. The van der Waals surface area contributed by atoms with Gasteiger partial charge in [0, 0.05) is 50.3 Å². The Morgan fingerprint density at radius 2 is 1.52 bits per heavy atom. The molecule has 0 rings (SSSR count). The minimum absolute atomic E-state index is 0.0380. The summed E-state index contributed by atoms with van der Waals surface area (Å²) in [4.78, 5) is 13.3. The third-order valence-electron chi connectivity index (χ3n) is 4.85. The predicted molar refractivity (Wildman–Crippen MR) is 119 cm³/mol. The SMILES string of the molecule is CC(NCCN)(NCCN)N[C@@H](CCC(N)CCCN)CN(C(=O)O)C(C)(C)C. The van der Waals surface area contributed by atoms with E-state index in [4.69, 9.17) is 22.9 Å². The lowest BCUT2D eigenvalue weighted by molar-refractivity contribution is 0.0820. The molecule has 0 fully saturated rings. The van der Waals surface area contributed by atoms with Gasteiger partial charge >= 0.3 is 6.09 Å². The van der Waals surface area contributed by atoms with E-state index >= 15 is 0 Å². The Bertz CT molecular complexity index is 436. The number of carboxylic acid groups (broad SMARTS) is 1. The Hall–Kier alpha value is -1.01. The number of amides is 1. The molecular formula is C19H46N8O2. The van der Waals surface area contributed by atoms with Crippen molar-refractivity contribution in [3.63, 3.8) is 0 Å². The summed E-state index contributed by atoms with van der Waals surface area (Å²) in [5.74, 6) is -0.632. The molecule has 12 N–H and O–H groups in total. The standard InChI is InChI=1S/C19H46N8O2/c1-18(2,3)27(17(28)29)14-16(8-7-15(23)6-5-9-20)26-19(4,24-12-10-21)25-13-11-22/h15-16,24-26H,5-14,20-23H2,1-4H3,(H,28,29)/t15?,16-/m0/s1. The van der Waals surface area contributed by atoms with Gasteiger partial charge in [-0.05, 0) is 59.9 Å².